The number of hydrogen-bond acceptors (Lipinski definition) is 4. The molecule has 29 heavy (non-hydrogen) atoms. The van der Waals surface area contributed by atoms with E-state index in [1.54, 1.807) is 12.1 Å². The third kappa shape index (κ3) is 2.93. The van der Waals surface area contributed by atoms with Gasteiger partial charge in [0.25, 0.3) is 0 Å². The Hall–Kier alpha value is -2.43. The Kier molecular flexibility index (Phi) is 4.03. The van der Waals surface area contributed by atoms with Gasteiger partial charge in [-0.15, -0.1) is 0 Å². The lowest BCUT2D eigenvalue weighted by Gasteiger charge is -2.37. The van der Waals surface area contributed by atoms with Crippen molar-refractivity contribution in [3.8, 4) is 5.75 Å². The maximum Gasteiger partial charge on any atom is 0.312 e. The average molecular weight is 393 g/mol. The molecule has 3 fully saturated rings. The van der Waals surface area contributed by atoms with Crippen LogP contribution in [0.3, 0.4) is 0 Å². The number of esters is 1. The summed E-state index contributed by atoms with van der Waals surface area (Å²) in [6.07, 6.45) is 5.48. The summed E-state index contributed by atoms with van der Waals surface area (Å²) in [6, 6.07) is 7.48. The van der Waals surface area contributed by atoms with E-state index in [-0.39, 0.29) is 53.9 Å². The van der Waals surface area contributed by atoms with E-state index in [2.05, 4.69) is 32.9 Å². The van der Waals surface area contributed by atoms with Crippen molar-refractivity contribution in [3.63, 3.8) is 0 Å². The molecule has 4 aliphatic carbocycles. The van der Waals surface area contributed by atoms with Crippen LogP contribution in [0.4, 0.5) is 0 Å². The molecule has 6 rings (SSSR count). The molecule has 0 aromatic heterocycles. The minimum absolute atomic E-state index is 0.0214. The summed E-state index contributed by atoms with van der Waals surface area (Å²) in [5.74, 6) is 1.07. The van der Waals surface area contributed by atoms with Crippen LogP contribution < -0.4 is 4.74 Å². The molecular weight excluding hydrogens is 366 g/mol. The molecule has 1 aliphatic heterocycles. The smallest absolute Gasteiger partial charge is 0.312 e. The topological polar surface area (TPSA) is 63.7 Å². The lowest BCUT2D eigenvalue weighted by Crippen LogP contribution is -2.40. The third-order valence-corrected chi connectivity index (χ3v) is 7.25. The molecule has 152 valence electrons. The lowest BCUT2D eigenvalue weighted by molar-refractivity contribution is -0.141. The van der Waals surface area contributed by atoms with Gasteiger partial charge in [-0.05, 0) is 53.2 Å². The number of hydrogen-bond donors (Lipinski definition) is 0. The number of nitrogens with zero attached hydrogens (tertiary/aromatic N) is 1. The molecule has 2 bridgehead atoms. The van der Waals surface area contributed by atoms with Crippen LogP contribution in [0.15, 0.2) is 36.4 Å². The molecule has 1 saturated heterocycles. The van der Waals surface area contributed by atoms with Gasteiger partial charge in [0.05, 0.1) is 18.3 Å². The summed E-state index contributed by atoms with van der Waals surface area (Å²) >= 11 is 0. The fourth-order valence-electron chi connectivity index (χ4n) is 5.65. The molecule has 0 N–H and O–H groups in total. The van der Waals surface area contributed by atoms with Crippen molar-refractivity contribution in [1.82, 2.24) is 4.90 Å². The van der Waals surface area contributed by atoms with Crippen molar-refractivity contribution in [2.75, 3.05) is 6.54 Å². The average Bonchev–Trinajstić information content (AvgIpc) is 3.45. The van der Waals surface area contributed by atoms with Crippen molar-refractivity contribution in [2.24, 2.45) is 35.5 Å². The molecular formula is C24H27NO4. The van der Waals surface area contributed by atoms with Crippen LogP contribution in [-0.2, 0) is 19.8 Å². The summed E-state index contributed by atoms with van der Waals surface area (Å²) in [4.78, 5) is 39.5. The van der Waals surface area contributed by atoms with Gasteiger partial charge in [-0.25, -0.2) is 0 Å². The highest BCUT2D eigenvalue weighted by atomic mass is 16.5. The van der Waals surface area contributed by atoms with Crippen molar-refractivity contribution in [3.05, 3.63) is 42.0 Å². The minimum atomic E-state index is -0.423. The van der Waals surface area contributed by atoms with E-state index in [1.807, 2.05) is 12.1 Å². The molecule has 5 heteroatoms. The number of ether oxygens (including phenoxy) is 1. The summed E-state index contributed by atoms with van der Waals surface area (Å²) in [5, 5.41) is 0. The van der Waals surface area contributed by atoms with E-state index in [1.165, 1.54) is 4.90 Å². The number of likely N-dealkylation sites (tertiary alicyclic amines) is 1. The van der Waals surface area contributed by atoms with Gasteiger partial charge in [-0.1, -0.05) is 45.1 Å². The quantitative estimate of drug-likeness (QED) is 0.341. The van der Waals surface area contributed by atoms with Gasteiger partial charge in [-0.3, -0.25) is 19.3 Å². The molecule has 0 spiro atoms. The predicted molar refractivity (Wildman–Crippen MR) is 107 cm³/mol. The first kappa shape index (κ1) is 18.6. The molecule has 1 aromatic carbocycles. The first-order valence-electron chi connectivity index (χ1n) is 10.6. The number of allylic oxidation sites excluding steroid dienone is 2. The molecule has 6 atom stereocenters. The third-order valence-electron chi connectivity index (χ3n) is 7.25. The number of amides is 2. The van der Waals surface area contributed by atoms with Crippen LogP contribution >= 0.6 is 0 Å². The number of rotatable bonds is 4. The molecule has 5 aliphatic rings. The Bertz CT molecular complexity index is 874. The molecule has 2 amide bonds. The lowest BCUT2D eigenvalue weighted by atomic mass is 9.63. The zero-order valence-corrected chi connectivity index (χ0v) is 17.1. The van der Waals surface area contributed by atoms with Crippen LogP contribution in [0.5, 0.6) is 5.75 Å². The van der Waals surface area contributed by atoms with Gasteiger partial charge >= 0.3 is 5.97 Å². The first-order valence-corrected chi connectivity index (χ1v) is 10.6. The zero-order chi connectivity index (χ0) is 20.5. The molecule has 0 radical (unpaired) electrons. The SMILES string of the molecule is CC(C)(C)c1ccc(OC(=O)CCN2C(=O)[C@@H]3[C@H]4C=C[C@@H]([C@@H]5C[C@@H]45)[C@H]3C2=O)cc1. The molecule has 1 aromatic rings. The summed E-state index contributed by atoms with van der Waals surface area (Å²) in [6.45, 7) is 6.49. The van der Waals surface area contributed by atoms with E-state index in [4.69, 9.17) is 4.74 Å². The van der Waals surface area contributed by atoms with Crippen molar-refractivity contribution in [1.29, 1.82) is 0 Å². The maximum atomic E-state index is 12.9. The Morgan fingerprint density at radius 1 is 1.00 bits per heavy atom. The predicted octanol–water partition coefficient (Wildman–Crippen LogP) is 3.33. The fraction of sp³-hybridized carbons (Fsp3) is 0.542. The van der Waals surface area contributed by atoms with Crippen molar-refractivity contribution in [2.45, 2.75) is 39.0 Å². The Balaban J connectivity index is 1.20. The highest BCUT2D eigenvalue weighted by molar-refractivity contribution is 6.06. The second kappa shape index (κ2) is 6.28. The first-order chi connectivity index (χ1) is 13.8. The van der Waals surface area contributed by atoms with Gasteiger partial charge < -0.3 is 4.74 Å². The van der Waals surface area contributed by atoms with Crippen molar-refractivity contribution < 1.29 is 19.1 Å². The summed E-state index contributed by atoms with van der Waals surface area (Å²) in [5.41, 5.74) is 1.19. The number of carbonyl (C=O) groups is 3. The maximum absolute atomic E-state index is 12.9. The number of imide groups is 1. The summed E-state index contributed by atoms with van der Waals surface area (Å²) < 4.78 is 5.41. The van der Waals surface area contributed by atoms with Gasteiger partial charge in [0.1, 0.15) is 5.75 Å². The van der Waals surface area contributed by atoms with Crippen LogP contribution in [0.1, 0.15) is 39.2 Å². The fourth-order valence-corrected chi connectivity index (χ4v) is 5.65. The van der Waals surface area contributed by atoms with E-state index in [9.17, 15) is 14.4 Å². The van der Waals surface area contributed by atoms with Gasteiger partial charge in [0, 0.05) is 6.54 Å². The molecule has 2 saturated carbocycles. The molecule has 1 heterocycles. The minimum Gasteiger partial charge on any atom is -0.426 e. The van der Waals surface area contributed by atoms with Crippen LogP contribution in [0, 0.1) is 35.5 Å². The van der Waals surface area contributed by atoms with E-state index in [0.717, 1.165) is 12.0 Å². The molecule has 0 unspecified atom stereocenters. The zero-order valence-electron chi connectivity index (χ0n) is 17.1. The summed E-state index contributed by atoms with van der Waals surface area (Å²) in [7, 11) is 0. The normalized spacial score (nSPS) is 34.2. The number of carbonyl (C=O) groups excluding carboxylic acids is 3. The number of benzene rings is 1. The van der Waals surface area contributed by atoms with Crippen LogP contribution in [-0.4, -0.2) is 29.2 Å². The van der Waals surface area contributed by atoms with Gasteiger partial charge in [0.15, 0.2) is 0 Å². The van der Waals surface area contributed by atoms with Gasteiger partial charge in [0.2, 0.25) is 11.8 Å². The van der Waals surface area contributed by atoms with E-state index < -0.39 is 5.97 Å². The standard InChI is InChI=1S/C24H27NO4/c1-24(2,3)13-4-6-14(7-5-13)29-19(26)10-11-25-22(27)20-15-8-9-16(18-12-17(15)18)21(20)23(25)28/h4-9,15-18,20-21H,10-12H2,1-3H3/t15-,16-,17-,18-,20+,21+/m0/s1. The largest absolute Gasteiger partial charge is 0.426 e. The highest BCUT2D eigenvalue weighted by Gasteiger charge is 2.66. The van der Waals surface area contributed by atoms with Crippen LogP contribution in [0.2, 0.25) is 0 Å². The Morgan fingerprint density at radius 2 is 1.55 bits per heavy atom. The Labute approximate surface area is 171 Å². The van der Waals surface area contributed by atoms with Gasteiger partial charge in [-0.2, -0.15) is 0 Å². The Morgan fingerprint density at radius 3 is 2.07 bits per heavy atom. The van der Waals surface area contributed by atoms with E-state index >= 15 is 0 Å². The monoisotopic (exact) mass is 393 g/mol. The van der Waals surface area contributed by atoms with E-state index in [0.29, 0.717) is 17.6 Å². The second-order valence-electron chi connectivity index (χ2n) is 9.98. The van der Waals surface area contributed by atoms with Crippen molar-refractivity contribution >= 4 is 17.8 Å². The second-order valence-corrected chi connectivity index (χ2v) is 9.98. The highest BCUT2D eigenvalue weighted by Crippen LogP contribution is 2.65. The molecule has 5 nitrogen and oxygen atoms in total. The van der Waals surface area contributed by atoms with Crippen LogP contribution in [0.25, 0.3) is 0 Å².